The van der Waals surface area contributed by atoms with Crippen molar-refractivity contribution in [3.63, 3.8) is 0 Å². The first-order valence-corrected chi connectivity index (χ1v) is 6.11. The van der Waals surface area contributed by atoms with E-state index in [4.69, 9.17) is 19.3 Å². The van der Waals surface area contributed by atoms with E-state index >= 15 is 0 Å². The fourth-order valence-electron chi connectivity index (χ4n) is 2.45. The van der Waals surface area contributed by atoms with Crippen molar-refractivity contribution >= 4 is 5.97 Å². The molecule has 1 heterocycles. The maximum atomic E-state index is 11.0. The number of methoxy groups -OCH3 is 2. The number of benzene rings is 1. The Morgan fingerprint density at radius 3 is 2.42 bits per heavy atom. The van der Waals surface area contributed by atoms with Crippen molar-refractivity contribution in [2.45, 2.75) is 25.4 Å². The average molecular weight is 266 g/mol. The normalized spacial score (nSPS) is 21.6. The first-order valence-electron chi connectivity index (χ1n) is 6.11. The molecule has 104 valence electrons. The van der Waals surface area contributed by atoms with Crippen molar-refractivity contribution in [1.82, 2.24) is 0 Å². The van der Waals surface area contributed by atoms with Crippen LogP contribution in [0.1, 0.15) is 24.0 Å². The molecule has 1 fully saturated rings. The minimum absolute atomic E-state index is 0.0738. The number of hydrogen-bond acceptors (Lipinski definition) is 4. The maximum absolute atomic E-state index is 11.0. The van der Waals surface area contributed by atoms with E-state index in [1.165, 1.54) is 0 Å². The Hall–Kier alpha value is -1.75. The highest BCUT2D eigenvalue weighted by Gasteiger charge is 2.44. The minimum Gasteiger partial charge on any atom is -0.496 e. The lowest BCUT2D eigenvalue weighted by Crippen LogP contribution is -2.43. The molecule has 5 nitrogen and oxygen atoms in total. The summed E-state index contributed by atoms with van der Waals surface area (Å²) in [5, 5.41) is 9.07. The Bertz CT molecular complexity index is 491. The Labute approximate surface area is 112 Å². The highest BCUT2D eigenvalue weighted by Crippen LogP contribution is 2.46. The molecule has 0 spiro atoms. The van der Waals surface area contributed by atoms with Gasteiger partial charge in [0.25, 0.3) is 0 Å². The van der Waals surface area contributed by atoms with Gasteiger partial charge in [-0.05, 0) is 24.6 Å². The Balaban J connectivity index is 2.49. The second-order valence-corrected chi connectivity index (χ2v) is 4.69. The van der Waals surface area contributed by atoms with Crippen LogP contribution in [0.2, 0.25) is 0 Å². The summed E-state index contributed by atoms with van der Waals surface area (Å²) in [5.41, 5.74) is 0.886. The summed E-state index contributed by atoms with van der Waals surface area (Å²) in [7, 11) is 3.15. The van der Waals surface area contributed by atoms with E-state index in [2.05, 4.69) is 0 Å². The van der Waals surface area contributed by atoms with E-state index in [-0.39, 0.29) is 6.42 Å². The van der Waals surface area contributed by atoms with Gasteiger partial charge in [-0.15, -0.1) is 0 Å². The molecular formula is C14H18O5. The lowest BCUT2D eigenvalue weighted by molar-refractivity contribution is -0.176. The third-order valence-electron chi connectivity index (χ3n) is 3.53. The third-order valence-corrected chi connectivity index (χ3v) is 3.53. The zero-order valence-corrected chi connectivity index (χ0v) is 11.4. The van der Waals surface area contributed by atoms with Crippen LogP contribution in [0, 0.1) is 6.92 Å². The number of carbonyl (C=O) groups is 1. The summed E-state index contributed by atoms with van der Waals surface area (Å²) in [6.45, 7) is 2.48. The first-order chi connectivity index (χ1) is 9.02. The van der Waals surface area contributed by atoms with E-state index in [1.807, 2.05) is 19.1 Å². The zero-order chi connectivity index (χ0) is 14.0. The van der Waals surface area contributed by atoms with Gasteiger partial charge in [-0.3, -0.25) is 4.79 Å². The van der Waals surface area contributed by atoms with Gasteiger partial charge in [0.1, 0.15) is 17.1 Å². The standard InChI is InChI=1S/C14H18O5/c1-9-6-12(18-3)10(7-11(9)17-2)14(4-5-19-14)8-13(15)16/h6-7H,4-5,8H2,1-3H3,(H,15,16). The summed E-state index contributed by atoms with van der Waals surface area (Å²) in [4.78, 5) is 11.0. The van der Waals surface area contributed by atoms with Crippen LogP contribution in [-0.4, -0.2) is 31.9 Å². The van der Waals surface area contributed by atoms with Crippen LogP contribution in [-0.2, 0) is 15.1 Å². The number of aliphatic carboxylic acids is 1. The molecule has 1 unspecified atom stereocenters. The number of carboxylic acid groups (broad SMARTS) is 1. The quantitative estimate of drug-likeness (QED) is 0.884. The van der Waals surface area contributed by atoms with Crippen LogP contribution in [0.25, 0.3) is 0 Å². The van der Waals surface area contributed by atoms with Crippen molar-refractivity contribution in [1.29, 1.82) is 0 Å². The van der Waals surface area contributed by atoms with Crippen LogP contribution in [0.15, 0.2) is 12.1 Å². The lowest BCUT2D eigenvalue weighted by atomic mass is 9.82. The fraction of sp³-hybridized carbons (Fsp3) is 0.500. The molecule has 19 heavy (non-hydrogen) atoms. The van der Waals surface area contributed by atoms with Crippen LogP contribution >= 0.6 is 0 Å². The van der Waals surface area contributed by atoms with Crippen molar-refractivity contribution in [3.8, 4) is 11.5 Å². The van der Waals surface area contributed by atoms with E-state index in [0.717, 1.165) is 11.1 Å². The van der Waals surface area contributed by atoms with Gasteiger partial charge in [-0.1, -0.05) is 0 Å². The number of rotatable bonds is 5. The SMILES string of the molecule is COc1cc(C2(CC(=O)O)CCO2)c(OC)cc1C. The first kappa shape index (κ1) is 13.7. The van der Waals surface area contributed by atoms with Gasteiger partial charge in [-0.2, -0.15) is 0 Å². The maximum Gasteiger partial charge on any atom is 0.306 e. The van der Waals surface area contributed by atoms with Crippen LogP contribution in [0.3, 0.4) is 0 Å². The molecule has 0 bridgehead atoms. The van der Waals surface area contributed by atoms with Gasteiger partial charge in [0.2, 0.25) is 0 Å². The predicted octanol–water partition coefficient (Wildman–Crippen LogP) is 2.10. The molecule has 0 saturated carbocycles. The lowest BCUT2D eigenvalue weighted by Gasteiger charge is -2.42. The molecule has 0 aromatic heterocycles. The Morgan fingerprint density at radius 1 is 1.37 bits per heavy atom. The summed E-state index contributed by atoms with van der Waals surface area (Å²) < 4.78 is 16.2. The van der Waals surface area contributed by atoms with Gasteiger partial charge >= 0.3 is 5.97 Å². The monoisotopic (exact) mass is 266 g/mol. The number of carboxylic acids is 1. The van der Waals surface area contributed by atoms with E-state index in [9.17, 15) is 4.79 Å². The third kappa shape index (κ3) is 2.38. The molecule has 1 aromatic carbocycles. The molecule has 2 rings (SSSR count). The molecular weight excluding hydrogens is 248 g/mol. The largest absolute Gasteiger partial charge is 0.496 e. The number of aryl methyl sites for hydroxylation is 1. The topological polar surface area (TPSA) is 65.0 Å². The highest BCUT2D eigenvalue weighted by molar-refractivity contribution is 5.69. The fourth-order valence-corrected chi connectivity index (χ4v) is 2.45. The van der Waals surface area contributed by atoms with E-state index in [1.54, 1.807) is 14.2 Å². The van der Waals surface area contributed by atoms with Crippen molar-refractivity contribution < 1.29 is 24.1 Å². The Morgan fingerprint density at radius 2 is 2.00 bits per heavy atom. The molecule has 5 heteroatoms. The molecule has 1 saturated heterocycles. The van der Waals surface area contributed by atoms with Gasteiger partial charge in [0, 0.05) is 12.0 Å². The van der Waals surface area contributed by atoms with Crippen molar-refractivity contribution in [2.24, 2.45) is 0 Å². The minimum atomic E-state index is -0.888. The van der Waals surface area contributed by atoms with Gasteiger partial charge in [0.15, 0.2) is 0 Å². The van der Waals surface area contributed by atoms with E-state index < -0.39 is 11.6 Å². The molecule has 0 amide bonds. The molecule has 1 aliphatic heterocycles. The summed E-state index contributed by atoms with van der Waals surface area (Å²) >= 11 is 0. The van der Waals surface area contributed by atoms with Gasteiger partial charge in [0.05, 0.1) is 27.2 Å². The van der Waals surface area contributed by atoms with E-state index in [0.29, 0.717) is 24.5 Å². The number of ether oxygens (including phenoxy) is 3. The summed E-state index contributed by atoms with van der Waals surface area (Å²) in [5.74, 6) is 0.455. The second-order valence-electron chi connectivity index (χ2n) is 4.69. The van der Waals surface area contributed by atoms with Crippen LogP contribution in [0.4, 0.5) is 0 Å². The van der Waals surface area contributed by atoms with Crippen LogP contribution < -0.4 is 9.47 Å². The molecule has 1 atom stereocenters. The predicted molar refractivity (Wildman–Crippen MR) is 68.8 cm³/mol. The van der Waals surface area contributed by atoms with Crippen molar-refractivity contribution in [3.05, 3.63) is 23.3 Å². The second kappa shape index (κ2) is 5.09. The molecule has 1 aromatic rings. The van der Waals surface area contributed by atoms with Crippen LogP contribution in [0.5, 0.6) is 11.5 Å². The smallest absolute Gasteiger partial charge is 0.306 e. The summed E-state index contributed by atoms with van der Waals surface area (Å²) in [6, 6.07) is 3.66. The number of hydrogen-bond donors (Lipinski definition) is 1. The average Bonchev–Trinajstić information content (AvgIpc) is 2.33. The molecule has 0 aliphatic carbocycles. The molecule has 1 N–H and O–H groups in total. The van der Waals surface area contributed by atoms with Gasteiger partial charge in [-0.25, -0.2) is 0 Å². The summed E-state index contributed by atoms with van der Waals surface area (Å²) in [6.07, 6.45) is 0.595. The Kier molecular flexibility index (Phi) is 3.66. The molecule has 0 radical (unpaired) electrons. The highest BCUT2D eigenvalue weighted by atomic mass is 16.5. The zero-order valence-electron chi connectivity index (χ0n) is 11.4. The van der Waals surface area contributed by atoms with Gasteiger partial charge < -0.3 is 19.3 Å². The van der Waals surface area contributed by atoms with Crippen molar-refractivity contribution in [2.75, 3.05) is 20.8 Å². The molecule has 1 aliphatic rings.